The first kappa shape index (κ1) is 22.4. The first-order chi connectivity index (χ1) is 13.5. The highest BCUT2D eigenvalue weighted by atomic mass is 16.6. The summed E-state index contributed by atoms with van der Waals surface area (Å²) in [7, 11) is 0. The molecule has 1 aromatic carbocycles. The van der Waals surface area contributed by atoms with Gasteiger partial charge in [-0.2, -0.15) is 5.26 Å². The summed E-state index contributed by atoms with van der Waals surface area (Å²) < 4.78 is 5.35. The number of amides is 1. The van der Waals surface area contributed by atoms with E-state index in [2.05, 4.69) is 6.07 Å². The molecule has 29 heavy (non-hydrogen) atoms. The monoisotopic (exact) mass is 400 g/mol. The fourth-order valence-electron chi connectivity index (χ4n) is 3.61. The van der Waals surface area contributed by atoms with E-state index in [0.717, 1.165) is 10.5 Å². The highest BCUT2D eigenvalue weighted by molar-refractivity contribution is 5.91. The van der Waals surface area contributed by atoms with E-state index in [9.17, 15) is 19.6 Å². The van der Waals surface area contributed by atoms with Crippen LogP contribution in [0, 0.1) is 11.3 Å². The third kappa shape index (κ3) is 5.57. The van der Waals surface area contributed by atoms with Crippen LogP contribution < -0.4 is 0 Å². The average Bonchev–Trinajstić information content (AvgIpc) is 2.64. The van der Waals surface area contributed by atoms with Crippen LogP contribution in [0.15, 0.2) is 24.3 Å². The molecule has 156 valence electrons. The molecule has 0 radical (unpaired) electrons. The zero-order chi connectivity index (χ0) is 21.8. The van der Waals surface area contributed by atoms with Gasteiger partial charge in [-0.3, -0.25) is 9.59 Å². The lowest BCUT2D eigenvalue weighted by atomic mass is 9.73. The number of carbonyl (C=O) groups is 3. The van der Waals surface area contributed by atoms with Gasteiger partial charge >= 0.3 is 12.1 Å². The standard InChI is InChI=1S/C22H28N2O5/c1-21(2,3)29-19(26)9-11-22(4,14-23)17-8-6-5-7-15(17)16-10-12-24(20(27)28)13-18(16)25/h5-8,16H,9-13H2,1-4H3,(H,27,28)/t16?,22-/m0/s1. The molecule has 0 aliphatic carbocycles. The van der Waals surface area contributed by atoms with Crippen LogP contribution in [0.3, 0.4) is 0 Å². The topological polar surface area (TPSA) is 108 Å². The van der Waals surface area contributed by atoms with E-state index in [1.807, 2.05) is 12.1 Å². The molecule has 1 saturated heterocycles. The van der Waals surface area contributed by atoms with Gasteiger partial charge < -0.3 is 14.7 Å². The number of nitriles is 1. The number of esters is 1. The Morgan fingerprint density at radius 3 is 2.48 bits per heavy atom. The third-order valence-corrected chi connectivity index (χ3v) is 5.12. The highest BCUT2D eigenvalue weighted by Gasteiger charge is 2.36. The van der Waals surface area contributed by atoms with E-state index in [4.69, 9.17) is 9.84 Å². The van der Waals surface area contributed by atoms with E-state index in [1.165, 1.54) is 0 Å². The molecule has 0 bridgehead atoms. The number of hydrogen-bond acceptors (Lipinski definition) is 5. The van der Waals surface area contributed by atoms with E-state index in [-0.39, 0.29) is 37.7 Å². The van der Waals surface area contributed by atoms with Crippen LogP contribution in [0.1, 0.15) is 64.0 Å². The highest BCUT2D eigenvalue weighted by Crippen LogP contribution is 2.37. The van der Waals surface area contributed by atoms with Gasteiger partial charge in [0.25, 0.3) is 0 Å². The zero-order valence-electron chi connectivity index (χ0n) is 17.4. The summed E-state index contributed by atoms with van der Waals surface area (Å²) in [6.45, 7) is 7.24. The normalized spacial score (nSPS) is 19.2. The average molecular weight is 400 g/mol. The molecule has 7 nitrogen and oxygen atoms in total. The van der Waals surface area contributed by atoms with Crippen molar-refractivity contribution in [2.75, 3.05) is 13.1 Å². The fraction of sp³-hybridized carbons (Fsp3) is 0.545. The first-order valence-electron chi connectivity index (χ1n) is 9.70. The largest absolute Gasteiger partial charge is 0.465 e. The quantitative estimate of drug-likeness (QED) is 0.756. The van der Waals surface area contributed by atoms with Crippen LogP contribution in [-0.4, -0.2) is 46.5 Å². The molecule has 0 aromatic heterocycles. The molecule has 0 spiro atoms. The number of benzene rings is 1. The number of likely N-dealkylation sites (tertiary alicyclic amines) is 1. The molecule has 1 N–H and O–H groups in total. The van der Waals surface area contributed by atoms with Crippen molar-refractivity contribution in [3.63, 3.8) is 0 Å². The summed E-state index contributed by atoms with van der Waals surface area (Å²) in [5.74, 6) is -1.02. The molecule has 1 aliphatic heterocycles. The number of carbonyl (C=O) groups excluding carboxylic acids is 2. The smallest absolute Gasteiger partial charge is 0.407 e. The molecule has 1 aliphatic rings. The lowest BCUT2D eigenvalue weighted by molar-refractivity contribution is -0.155. The summed E-state index contributed by atoms with van der Waals surface area (Å²) in [6, 6.07) is 9.55. The molecule has 2 rings (SSSR count). The lowest BCUT2D eigenvalue weighted by Crippen LogP contribution is -2.43. The Hall–Kier alpha value is -2.88. The van der Waals surface area contributed by atoms with Crippen LogP contribution in [0.5, 0.6) is 0 Å². The number of Topliss-reactive ketones (excluding diaryl/α,β-unsaturated/α-hetero) is 1. The maximum atomic E-state index is 12.6. The van der Waals surface area contributed by atoms with E-state index < -0.39 is 23.0 Å². The van der Waals surface area contributed by atoms with Crippen molar-refractivity contribution < 1.29 is 24.2 Å². The summed E-state index contributed by atoms with van der Waals surface area (Å²) in [6.07, 6.45) is -0.390. The van der Waals surface area contributed by atoms with Crippen molar-refractivity contribution >= 4 is 17.8 Å². The van der Waals surface area contributed by atoms with E-state index in [0.29, 0.717) is 12.0 Å². The van der Waals surface area contributed by atoms with E-state index in [1.54, 1.807) is 39.8 Å². The maximum Gasteiger partial charge on any atom is 0.407 e. The Bertz CT molecular complexity index is 836. The number of ketones is 1. The Kier molecular flexibility index (Phi) is 6.68. The number of hydrogen-bond donors (Lipinski definition) is 1. The molecule has 7 heteroatoms. The second kappa shape index (κ2) is 8.64. The second-order valence-electron chi connectivity index (χ2n) is 8.63. The van der Waals surface area contributed by atoms with Crippen LogP contribution in [0.2, 0.25) is 0 Å². The third-order valence-electron chi connectivity index (χ3n) is 5.12. The molecule has 2 atom stereocenters. The summed E-state index contributed by atoms with van der Waals surface area (Å²) in [5.41, 5.74) is -0.135. The molecule has 1 heterocycles. The summed E-state index contributed by atoms with van der Waals surface area (Å²) in [4.78, 5) is 37.0. The van der Waals surface area contributed by atoms with Crippen molar-refractivity contribution in [2.45, 2.75) is 63.9 Å². The number of carboxylic acid groups (broad SMARTS) is 1. The maximum absolute atomic E-state index is 12.6. The van der Waals surface area contributed by atoms with Gasteiger partial charge in [0, 0.05) is 18.9 Å². The lowest BCUT2D eigenvalue weighted by Gasteiger charge is -2.32. The molecule has 1 unspecified atom stereocenters. The van der Waals surface area contributed by atoms with Gasteiger partial charge in [-0.25, -0.2) is 4.79 Å². The second-order valence-corrected chi connectivity index (χ2v) is 8.63. The van der Waals surface area contributed by atoms with Crippen molar-refractivity contribution in [1.29, 1.82) is 5.26 Å². The minimum Gasteiger partial charge on any atom is -0.465 e. The van der Waals surface area contributed by atoms with Crippen molar-refractivity contribution in [3.05, 3.63) is 35.4 Å². The van der Waals surface area contributed by atoms with E-state index >= 15 is 0 Å². The molecule has 0 saturated carbocycles. The Morgan fingerprint density at radius 1 is 1.28 bits per heavy atom. The van der Waals surface area contributed by atoms with Crippen molar-refractivity contribution in [2.24, 2.45) is 0 Å². The molecular weight excluding hydrogens is 372 g/mol. The van der Waals surface area contributed by atoms with Crippen LogP contribution in [-0.2, 0) is 19.7 Å². The van der Waals surface area contributed by atoms with Crippen molar-refractivity contribution in [3.8, 4) is 6.07 Å². The van der Waals surface area contributed by atoms with Gasteiger partial charge in [-0.1, -0.05) is 24.3 Å². The molecule has 1 fully saturated rings. The molecule has 1 aromatic rings. The van der Waals surface area contributed by atoms with Gasteiger partial charge in [-0.05, 0) is 51.7 Å². The van der Waals surface area contributed by atoms with Crippen LogP contribution in [0.4, 0.5) is 4.79 Å². The number of rotatable bonds is 5. The SMILES string of the molecule is CC(C)(C)OC(=O)CC[C@@](C)(C#N)c1ccccc1C1CCN(C(=O)O)CC1=O. The Balaban J connectivity index is 2.25. The van der Waals surface area contributed by atoms with Gasteiger partial charge in [0.15, 0.2) is 5.78 Å². The van der Waals surface area contributed by atoms with Gasteiger partial charge in [0.1, 0.15) is 5.60 Å². The molecular formula is C22H28N2O5. The molecule has 1 amide bonds. The zero-order valence-corrected chi connectivity index (χ0v) is 17.4. The number of ether oxygens (including phenoxy) is 1. The van der Waals surface area contributed by atoms with Crippen molar-refractivity contribution in [1.82, 2.24) is 4.90 Å². The van der Waals surface area contributed by atoms with Gasteiger partial charge in [0.2, 0.25) is 0 Å². The predicted octanol–water partition coefficient (Wildman–Crippen LogP) is 3.63. The number of nitrogens with zero attached hydrogens (tertiary/aromatic N) is 2. The summed E-state index contributed by atoms with van der Waals surface area (Å²) >= 11 is 0. The number of piperidine rings is 1. The van der Waals surface area contributed by atoms with Crippen LogP contribution >= 0.6 is 0 Å². The minimum absolute atomic E-state index is 0.0844. The predicted molar refractivity (Wildman–Crippen MR) is 106 cm³/mol. The van der Waals surface area contributed by atoms with Gasteiger partial charge in [-0.15, -0.1) is 0 Å². The first-order valence-corrected chi connectivity index (χ1v) is 9.70. The Morgan fingerprint density at radius 2 is 1.93 bits per heavy atom. The Labute approximate surface area is 171 Å². The van der Waals surface area contributed by atoms with Crippen LogP contribution in [0.25, 0.3) is 0 Å². The fourth-order valence-corrected chi connectivity index (χ4v) is 3.61. The minimum atomic E-state index is -1.11. The summed E-state index contributed by atoms with van der Waals surface area (Å²) in [5, 5.41) is 19.0. The van der Waals surface area contributed by atoms with Gasteiger partial charge in [0.05, 0.1) is 18.0 Å².